The van der Waals surface area contributed by atoms with Gasteiger partial charge in [0.25, 0.3) is 6.43 Å². The maximum absolute atomic E-state index is 11.7. The van der Waals surface area contributed by atoms with Gasteiger partial charge in [0.05, 0.1) is 0 Å². The molecule has 0 saturated carbocycles. The highest BCUT2D eigenvalue weighted by Gasteiger charge is 2.11. The standard InChI is InChI=1S/C9H12BrF2NOS/c10-6-2-4-15-9(6)7(13)1-3-14-5-8(11)12/h2,4,7-8H,1,3,5,13H2. The Morgan fingerprint density at radius 1 is 1.53 bits per heavy atom. The molecule has 1 heterocycles. The van der Waals surface area contributed by atoms with E-state index in [0.29, 0.717) is 6.42 Å². The summed E-state index contributed by atoms with van der Waals surface area (Å²) in [4.78, 5) is 1.02. The summed E-state index contributed by atoms with van der Waals surface area (Å²) in [7, 11) is 0. The van der Waals surface area contributed by atoms with Crippen LogP contribution in [0.4, 0.5) is 8.78 Å². The number of nitrogens with two attached hydrogens (primary N) is 1. The molecule has 1 unspecified atom stereocenters. The molecular weight excluding hydrogens is 288 g/mol. The van der Waals surface area contributed by atoms with E-state index in [0.717, 1.165) is 9.35 Å². The van der Waals surface area contributed by atoms with Crippen molar-refractivity contribution < 1.29 is 13.5 Å². The summed E-state index contributed by atoms with van der Waals surface area (Å²) in [5.41, 5.74) is 5.87. The van der Waals surface area contributed by atoms with Crippen LogP contribution in [0.15, 0.2) is 15.9 Å². The summed E-state index contributed by atoms with van der Waals surface area (Å²) in [6.45, 7) is -0.256. The Labute approximate surface area is 99.5 Å². The minimum Gasteiger partial charge on any atom is -0.375 e. The molecule has 15 heavy (non-hydrogen) atoms. The van der Waals surface area contributed by atoms with Crippen LogP contribution in [0.1, 0.15) is 17.3 Å². The van der Waals surface area contributed by atoms with Crippen molar-refractivity contribution in [3.63, 3.8) is 0 Å². The fourth-order valence-corrected chi connectivity index (χ4v) is 2.79. The van der Waals surface area contributed by atoms with Crippen LogP contribution in [0.2, 0.25) is 0 Å². The smallest absolute Gasteiger partial charge is 0.261 e. The third kappa shape index (κ3) is 4.55. The fraction of sp³-hybridized carbons (Fsp3) is 0.556. The topological polar surface area (TPSA) is 35.2 Å². The monoisotopic (exact) mass is 299 g/mol. The van der Waals surface area contributed by atoms with Crippen molar-refractivity contribution in [2.24, 2.45) is 5.73 Å². The van der Waals surface area contributed by atoms with Crippen molar-refractivity contribution in [2.75, 3.05) is 13.2 Å². The van der Waals surface area contributed by atoms with E-state index < -0.39 is 13.0 Å². The van der Waals surface area contributed by atoms with Gasteiger partial charge in [0, 0.05) is 22.0 Å². The van der Waals surface area contributed by atoms with Gasteiger partial charge in [0.2, 0.25) is 0 Å². The first-order valence-corrected chi connectivity index (χ1v) is 6.13. The minimum absolute atomic E-state index is 0.156. The summed E-state index contributed by atoms with van der Waals surface area (Å²) in [6, 6.07) is 1.76. The first kappa shape index (κ1) is 13.0. The van der Waals surface area contributed by atoms with Crippen molar-refractivity contribution in [3.8, 4) is 0 Å². The quantitative estimate of drug-likeness (QED) is 0.819. The van der Waals surface area contributed by atoms with Crippen molar-refractivity contribution in [1.82, 2.24) is 0 Å². The van der Waals surface area contributed by atoms with E-state index >= 15 is 0 Å². The second-order valence-electron chi connectivity index (χ2n) is 2.99. The molecule has 1 rings (SSSR count). The van der Waals surface area contributed by atoms with Crippen molar-refractivity contribution in [3.05, 3.63) is 20.8 Å². The van der Waals surface area contributed by atoms with E-state index in [4.69, 9.17) is 10.5 Å². The zero-order valence-corrected chi connectivity index (χ0v) is 10.4. The highest BCUT2D eigenvalue weighted by Crippen LogP contribution is 2.29. The van der Waals surface area contributed by atoms with Gasteiger partial charge in [-0.25, -0.2) is 8.78 Å². The van der Waals surface area contributed by atoms with Gasteiger partial charge in [0.15, 0.2) is 0 Å². The number of hydrogen-bond acceptors (Lipinski definition) is 3. The maximum atomic E-state index is 11.7. The van der Waals surface area contributed by atoms with E-state index in [2.05, 4.69) is 15.9 Å². The average molecular weight is 300 g/mol. The lowest BCUT2D eigenvalue weighted by Crippen LogP contribution is -2.14. The van der Waals surface area contributed by atoms with Crippen molar-refractivity contribution in [1.29, 1.82) is 0 Å². The number of rotatable bonds is 6. The first-order chi connectivity index (χ1) is 7.11. The Morgan fingerprint density at radius 3 is 2.80 bits per heavy atom. The van der Waals surface area contributed by atoms with Crippen LogP contribution >= 0.6 is 27.3 Å². The summed E-state index contributed by atoms with van der Waals surface area (Å²) < 4.78 is 29.2. The van der Waals surface area contributed by atoms with Crippen LogP contribution in [-0.2, 0) is 4.74 Å². The van der Waals surface area contributed by atoms with Crippen LogP contribution in [-0.4, -0.2) is 19.6 Å². The largest absolute Gasteiger partial charge is 0.375 e. The Morgan fingerprint density at radius 2 is 2.27 bits per heavy atom. The molecule has 0 aliphatic rings. The van der Waals surface area contributed by atoms with Crippen molar-refractivity contribution in [2.45, 2.75) is 18.9 Å². The number of thiophene rings is 1. The molecule has 0 amide bonds. The summed E-state index contributed by atoms with van der Waals surface area (Å²) in [6.07, 6.45) is -1.86. The molecule has 0 bridgehead atoms. The molecule has 1 atom stereocenters. The zero-order chi connectivity index (χ0) is 11.3. The number of ether oxygens (including phenoxy) is 1. The van der Waals surface area contributed by atoms with Crippen molar-refractivity contribution >= 4 is 27.3 Å². The molecule has 0 fully saturated rings. The van der Waals surface area contributed by atoms with Crippen LogP contribution in [0.5, 0.6) is 0 Å². The minimum atomic E-state index is -2.41. The predicted octanol–water partition coefficient (Wildman–Crippen LogP) is 3.18. The second-order valence-corrected chi connectivity index (χ2v) is 4.80. The normalized spacial score (nSPS) is 13.4. The third-order valence-electron chi connectivity index (χ3n) is 1.80. The molecule has 1 aromatic rings. The van der Waals surface area contributed by atoms with E-state index in [1.165, 1.54) is 0 Å². The molecule has 0 saturated heterocycles. The van der Waals surface area contributed by atoms with Gasteiger partial charge in [-0.3, -0.25) is 0 Å². The molecule has 0 aliphatic heterocycles. The molecule has 2 N–H and O–H groups in total. The van der Waals surface area contributed by atoms with E-state index in [-0.39, 0.29) is 12.6 Å². The SMILES string of the molecule is NC(CCOCC(F)F)c1sccc1Br. The summed E-state index contributed by atoms with van der Waals surface area (Å²) in [5, 5.41) is 1.93. The van der Waals surface area contributed by atoms with E-state index in [9.17, 15) is 8.78 Å². The molecule has 0 radical (unpaired) electrons. The Hall–Kier alpha value is -0.0400. The van der Waals surface area contributed by atoms with Gasteiger partial charge >= 0.3 is 0 Å². The van der Waals surface area contributed by atoms with Crippen LogP contribution in [0.25, 0.3) is 0 Å². The highest BCUT2D eigenvalue weighted by molar-refractivity contribution is 9.10. The number of alkyl halides is 2. The molecular formula is C9H12BrF2NOS. The molecule has 0 aliphatic carbocycles. The first-order valence-electron chi connectivity index (χ1n) is 4.45. The van der Waals surface area contributed by atoms with Crippen LogP contribution in [0, 0.1) is 0 Å². The number of hydrogen-bond donors (Lipinski definition) is 1. The van der Waals surface area contributed by atoms with Gasteiger partial charge in [0.1, 0.15) is 6.61 Å². The predicted molar refractivity (Wildman–Crippen MR) is 60.4 cm³/mol. The number of halogens is 3. The highest BCUT2D eigenvalue weighted by atomic mass is 79.9. The Balaban J connectivity index is 2.25. The molecule has 6 heteroatoms. The molecule has 86 valence electrons. The van der Waals surface area contributed by atoms with E-state index in [1.54, 1.807) is 11.3 Å². The van der Waals surface area contributed by atoms with Crippen LogP contribution in [0.3, 0.4) is 0 Å². The maximum Gasteiger partial charge on any atom is 0.261 e. The summed E-state index contributed by atoms with van der Waals surface area (Å²) in [5.74, 6) is 0. The average Bonchev–Trinajstić information content (AvgIpc) is 2.58. The van der Waals surface area contributed by atoms with E-state index in [1.807, 2.05) is 11.4 Å². The lowest BCUT2D eigenvalue weighted by Gasteiger charge is -2.10. The molecule has 2 nitrogen and oxygen atoms in total. The molecule has 0 spiro atoms. The van der Waals surface area contributed by atoms with Crippen LogP contribution < -0.4 is 5.73 Å². The molecule has 1 aromatic heterocycles. The lowest BCUT2D eigenvalue weighted by atomic mass is 10.2. The second kappa shape index (κ2) is 6.52. The Kier molecular flexibility index (Phi) is 5.66. The van der Waals surface area contributed by atoms with Gasteiger partial charge in [-0.2, -0.15) is 0 Å². The fourth-order valence-electron chi connectivity index (χ4n) is 1.08. The molecule has 0 aromatic carbocycles. The van der Waals surface area contributed by atoms with Gasteiger partial charge in [-0.05, 0) is 33.8 Å². The van der Waals surface area contributed by atoms with Gasteiger partial charge < -0.3 is 10.5 Å². The Bertz CT molecular complexity index is 295. The zero-order valence-electron chi connectivity index (χ0n) is 7.96. The third-order valence-corrected chi connectivity index (χ3v) is 3.80. The summed E-state index contributed by atoms with van der Waals surface area (Å²) >= 11 is 4.92. The van der Waals surface area contributed by atoms with Gasteiger partial charge in [-0.15, -0.1) is 11.3 Å². The van der Waals surface area contributed by atoms with Gasteiger partial charge in [-0.1, -0.05) is 0 Å². The lowest BCUT2D eigenvalue weighted by molar-refractivity contribution is 0.0153.